The standard InChI is InChI=1S/C30H35FN8O2/c1-37(2)11-5-6-22(40)16-20-7-9-25(31)23(17-20)28-24-19-32-36-29(24)35-30(34-28)33-21-8-10-27(41-4)26(18-21)39-14-12-38(3)13-15-39/h5-10,17-19H,11-16H2,1-4H3,(H2,32,33,34,35,36)/b6-5+. The summed E-state index contributed by atoms with van der Waals surface area (Å²) in [6, 6.07) is 10.5. The van der Waals surface area contributed by atoms with Crippen LogP contribution in [-0.4, -0.2) is 96.7 Å². The van der Waals surface area contributed by atoms with Gasteiger partial charge in [0.2, 0.25) is 5.95 Å². The first-order valence-corrected chi connectivity index (χ1v) is 13.5. The molecule has 10 nitrogen and oxygen atoms in total. The lowest BCUT2D eigenvalue weighted by Crippen LogP contribution is -2.44. The van der Waals surface area contributed by atoms with E-state index >= 15 is 4.39 Å². The van der Waals surface area contributed by atoms with Gasteiger partial charge in [-0.3, -0.25) is 9.89 Å². The number of carbonyl (C=O) groups is 1. The number of benzene rings is 2. The van der Waals surface area contributed by atoms with Crippen LogP contribution >= 0.6 is 0 Å². The van der Waals surface area contributed by atoms with Crippen LogP contribution in [0.5, 0.6) is 5.75 Å². The molecular formula is C30H35FN8O2. The Hall–Kier alpha value is -4.35. The highest BCUT2D eigenvalue weighted by molar-refractivity contribution is 5.93. The Kier molecular flexibility index (Phi) is 8.55. The van der Waals surface area contributed by atoms with E-state index in [2.05, 4.69) is 37.3 Å². The summed E-state index contributed by atoms with van der Waals surface area (Å²) in [7, 11) is 7.65. The van der Waals surface area contributed by atoms with E-state index in [4.69, 9.17) is 9.72 Å². The molecule has 2 aromatic heterocycles. The van der Waals surface area contributed by atoms with E-state index < -0.39 is 5.82 Å². The van der Waals surface area contributed by atoms with Crippen molar-refractivity contribution in [2.75, 3.05) is 71.2 Å². The summed E-state index contributed by atoms with van der Waals surface area (Å²) in [5, 5.41) is 10.9. The van der Waals surface area contributed by atoms with E-state index in [0.29, 0.717) is 34.8 Å². The minimum atomic E-state index is -0.446. The monoisotopic (exact) mass is 558 g/mol. The van der Waals surface area contributed by atoms with E-state index in [1.165, 1.54) is 6.07 Å². The second-order valence-electron chi connectivity index (χ2n) is 10.5. The van der Waals surface area contributed by atoms with Gasteiger partial charge in [-0.1, -0.05) is 12.1 Å². The molecule has 11 heteroatoms. The van der Waals surface area contributed by atoms with Gasteiger partial charge in [-0.2, -0.15) is 10.1 Å². The minimum absolute atomic E-state index is 0.0569. The maximum absolute atomic E-state index is 15.2. The number of aromatic nitrogens is 4. The molecule has 3 heterocycles. The van der Waals surface area contributed by atoms with Crippen LogP contribution in [0.25, 0.3) is 22.3 Å². The minimum Gasteiger partial charge on any atom is -0.495 e. The molecule has 0 saturated carbocycles. The smallest absolute Gasteiger partial charge is 0.229 e. The number of nitrogens with one attached hydrogen (secondary N) is 2. The van der Waals surface area contributed by atoms with Gasteiger partial charge in [-0.15, -0.1) is 0 Å². The number of aromatic amines is 1. The van der Waals surface area contributed by atoms with Crippen molar-refractivity contribution < 1.29 is 13.9 Å². The summed E-state index contributed by atoms with van der Waals surface area (Å²) in [4.78, 5) is 28.3. The highest BCUT2D eigenvalue weighted by Gasteiger charge is 2.20. The lowest BCUT2D eigenvalue weighted by atomic mass is 10.0. The number of carbonyl (C=O) groups excluding carboxylic acids is 1. The van der Waals surface area contributed by atoms with E-state index in [1.54, 1.807) is 31.5 Å². The molecule has 41 heavy (non-hydrogen) atoms. The molecular weight excluding hydrogens is 523 g/mol. The molecule has 0 aliphatic carbocycles. The van der Waals surface area contributed by atoms with Gasteiger partial charge in [0.05, 0.1) is 30.1 Å². The number of piperazine rings is 1. The molecule has 0 unspecified atom stereocenters. The van der Waals surface area contributed by atoms with Crippen LogP contribution in [0.4, 0.5) is 21.7 Å². The number of methoxy groups -OCH3 is 1. The van der Waals surface area contributed by atoms with Crippen molar-refractivity contribution in [3.8, 4) is 17.0 Å². The van der Waals surface area contributed by atoms with Crippen molar-refractivity contribution in [3.63, 3.8) is 0 Å². The molecule has 4 aromatic rings. The van der Waals surface area contributed by atoms with E-state index in [9.17, 15) is 4.79 Å². The first-order chi connectivity index (χ1) is 19.8. The SMILES string of the molecule is COc1ccc(Nc2nc(-c3cc(CC(=O)/C=C/CN(C)C)ccc3F)c3cn[nH]c3n2)cc1N1CCN(C)CC1. The number of H-pyrrole nitrogens is 1. The molecule has 0 radical (unpaired) electrons. The Bertz CT molecular complexity index is 1560. The zero-order valence-electron chi connectivity index (χ0n) is 23.8. The predicted molar refractivity (Wildman–Crippen MR) is 159 cm³/mol. The molecule has 1 fully saturated rings. The largest absolute Gasteiger partial charge is 0.495 e. The second kappa shape index (κ2) is 12.4. The van der Waals surface area contributed by atoms with Crippen molar-refractivity contribution in [2.24, 2.45) is 0 Å². The summed E-state index contributed by atoms with van der Waals surface area (Å²) in [5.74, 6) is 0.575. The lowest BCUT2D eigenvalue weighted by molar-refractivity contribution is -0.114. The predicted octanol–water partition coefficient (Wildman–Crippen LogP) is 3.89. The molecule has 0 amide bonds. The highest BCUT2D eigenvalue weighted by atomic mass is 19.1. The summed E-state index contributed by atoms with van der Waals surface area (Å²) < 4.78 is 20.8. The number of anilines is 3. The van der Waals surface area contributed by atoms with Crippen LogP contribution < -0.4 is 15.0 Å². The molecule has 0 bridgehead atoms. The number of nitrogens with zero attached hydrogens (tertiary/aromatic N) is 6. The molecule has 5 rings (SSSR count). The number of allylic oxidation sites excluding steroid dienone is 1. The van der Waals surface area contributed by atoms with Gasteiger partial charge in [0.1, 0.15) is 11.6 Å². The number of likely N-dealkylation sites (N-methyl/N-ethyl adjacent to an activating group) is 2. The quantitative estimate of drug-likeness (QED) is 0.281. The van der Waals surface area contributed by atoms with Crippen LogP contribution in [0.15, 0.2) is 54.7 Å². The fourth-order valence-electron chi connectivity index (χ4n) is 4.81. The van der Waals surface area contributed by atoms with Crippen molar-refractivity contribution >= 4 is 34.1 Å². The summed E-state index contributed by atoms with van der Waals surface area (Å²) in [5.41, 5.74) is 3.58. The van der Waals surface area contributed by atoms with E-state index in [0.717, 1.165) is 43.3 Å². The van der Waals surface area contributed by atoms with E-state index in [-0.39, 0.29) is 17.8 Å². The zero-order chi connectivity index (χ0) is 28.9. The number of hydrogen-bond donors (Lipinski definition) is 2. The van der Waals surface area contributed by atoms with Gasteiger partial charge in [0.15, 0.2) is 11.4 Å². The van der Waals surface area contributed by atoms with Crippen LogP contribution in [0, 0.1) is 5.82 Å². The van der Waals surface area contributed by atoms with Crippen LogP contribution in [-0.2, 0) is 11.2 Å². The van der Waals surface area contributed by atoms with Crippen LogP contribution in [0.3, 0.4) is 0 Å². The molecule has 2 aromatic carbocycles. The molecule has 1 saturated heterocycles. The molecule has 0 atom stereocenters. The Morgan fingerprint density at radius 1 is 1.15 bits per heavy atom. The lowest BCUT2D eigenvalue weighted by Gasteiger charge is -2.34. The molecule has 214 valence electrons. The topological polar surface area (TPSA) is 103 Å². The Morgan fingerprint density at radius 3 is 2.71 bits per heavy atom. The van der Waals surface area contributed by atoms with E-state index in [1.807, 2.05) is 43.3 Å². The number of ether oxygens (including phenoxy) is 1. The normalized spacial score (nSPS) is 14.3. The first kappa shape index (κ1) is 28.2. The van der Waals surface area contributed by atoms with Gasteiger partial charge < -0.3 is 24.8 Å². The third kappa shape index (κ3) is 6.69. The van der Waals surface area contributed by atoms with Crippen molar-refractivity contribution in [1.82, 2.24) is 30.0 Å². The average molecular weight is 559 g/mol. The van der Waals surface area contributed by atoms with Gasteiger partial charge in [-0.05, 0) is 63.1 Å². The average Bonchev–Trinajstić information content (AvgIpc) is 3.43. The van der Waals surface area contributed by atoms with Crippen molar-refractivity contribution in [1.29, 1.82) is 0 Å². The molecule has 1 aliphatic heterocycles. The summed E-state index contributed by atoms with van der Waals surface area (Å²) >= 11 is 0. The Balaban J connectivity index is 1.45. The van der Waals surface area contributed by atoms with Gasteiger partial charge in [0, 0.05) is 50.4 Å². The molecule has 0 spiro atoms. The van der Waals surface area contributed by atoms with Crippen LogP contribution in [0.2, 0.25) is 0 Å². The fraction of sp³-hybridized carbons (Fsp3) is 0.333. The number of hydrogen-bond acceptors (Lipinski definition) is 9. The number of rotatable bonds is 10. The van der Waals surface area contributed by atoms with Crippen molar-refractivity contribution in [3.05, 3.63) is 66.1 Å². The van der Waals surface area contributed by atoms with Gasteiger partial charge >= 0.3 is 0 Å². The summed E-state index contributed by atoms with van der Waals surface area (Å²) in [6.07, 6.45) is 5.12. The Labute approximate surface area is 238 Å². The second-order valence-corrected chi connectivity index (χ2v) is 10.5. The Morgan fingerprint density at radius 2 is 1.95 bits per heavy atom. The maximum Gasteiger partial charge on any atom is 0.229 e. The molecule has 2 N–H and O–H groups in total. The third-order valence-electron chi connectivity index (χ3n) is 7.03. The first-order valence-electron chi connectivity index (χ1n) is 13.5. The van der Waals surface area contributed by atoms with Gasteiger partial charge in [0.25, 0.3) is 0 Å². The fourth-order valence-corrected chi connectivity index (χ4v) is 4.81. The number of fused-ring (bicyclic) bond motifs is 1. The maximum atomic E-state index is 15.2. The zero-order valence-corrected chi connectivity index (χ0v) is 23.8. The van der Waals surface area contributed by atoms with Crippen molar-refractivity contribution in [2.45, 2.75) is 6.42 Å². The number of ketones is 1. The number of halogens is 1. The van der Waals surface area contributed by atoms with Crippen LogP contribution in [0.1, 0.15) is 5.56 Å². The highest BCUT2D eigenvalue weighted by Crippen LogP contribution is 2.34. The third-order valence-corrected chi connectivity index (χ3v) is 7.03. The van der Waals surface area contributed by atoms with Gasteiger partial charge in [-0.25, -0.2) is 9.37 Å². The summed E-state index contributed by atoms with van der Waals surface area (Å²) in [6.45, 7) is 4.38. The molecule has 1 aliphatic rings.